The fraction of sp³-hybridized carbons (Fsp3) is 0.417. The van der Waals surface area contributed by atoms with Gasteiger partial charge in [-0.1, -0.05) is 35.5 Å². The molecular weight excluding hydrogens is 199 g/mol. The number of nitrogens with zero attached hydrogens (tertiary/aromatic N) is 2. The number of hydrogen-bond donors (Lipinski definition) is 0. The third kappa shape index (κ3) is 3.10. The van der Waals surface area contributed by atoms with Gasteiger partial charge < -0.3 is 9.65 Å². The van der Waals surface area contributed by atoms with E-state index in [-0.39, 0.29) is 0 Å². The van der Waals surface area contributed by atoms with Crippen LogP contribution in [0.3, 0.4) is 0 Å². The quantitative estimate of drug-likeness (QED) is 0.429. The number of oxime groups is 1. The van der Waals surface area contributed by atoms with Gasteiger partial charge in [-0.15, -0.1) is 0 Å². The van der Waals surface area contributed by atoms with Crippen LogP contribution in [0.2, 0.25) is 0 Å². The topological polar surface area (TPSA) is 24.8 Å². The minimum atomic E-state index is 0.454. The Kier molecular flexibility index (Phi) is 4.00. The Morgan fingerprint density at radius 3 is 2.94 bits per heavy atom. The van der Waals surface area contributed by atoms with Crippen LogP contribution in [0.5, 0.6) is 0 Å². The zero-order valence-electron chi connectivity index (χ0n) is 9.67. The van der Waals surface area contributed by atoms with E-state index in [1.807, 2.05) is 36.5 Å². The second-order valence-electron chi connectivity index (χ2n) is 4.20. The standard InChI is InChI=1S/C12H17BN2O/c13-15-8-4-7-12(15)9-14-16-10-11-5-2-1-3-6-11/h1-3,5-6,9,12H,4,7-8,10,13H2/t12-/m0/s1. The molecule has 0 aliphatic carbocycles. The molecular formula is C12H17BN2O. The molecule has 1 aliphatic rings. The smallest absolute Gasteiger partial charge is 0.186 e. The molecule has 0 amide bonds. The van der Waals surface area contributed by atoms with Crippen LogP contribution in [-0.4, -0.2) is 31.6 Å². The second-order valence-corrected chi connectivity index (χ2v) is 4.20. The molecule has 1 aliphatic heterocycles. The summed E-state index contributed by atoms with van der Waals surface area (Å²) in [6, 6.07) is 10.5. The molecule has 16 heavy (non-hydrogen) atoms. The summed E-state index contributed by atoms with van der Waals surface area (Å²) in [5, 5.41) is 4.03. The summed E-state index contributed by atoms with van der Waals surface area (Å²) in [6.45, 7) is 1.71. The predicted molar refractivity (Wildman–Crippen MR) is 68.0 cm³/mol. The Balaban J connectivity index is 1.73. The van der Waals surface area contributed by atoms with E-state index in [0.29, 0.717) is 12.6 Å². The lowest BCUT2D eigenvalue weighted by molar-refractivity contribution is 0.130. The van der Waals surface area contributed by atoms with E-state index < -0.39 is 0 Å². The van der Waals surface area contributed by atoms with Gasteiger partial charge in [-0.25, -0.2) is 0 Å². The Bertz CT molecular complexity index is 342. The fourth-order valence-corrected chi connectivity index (χ4v) is 1.92. The van der Waals surface area contributed by atoms with Crippen LogP contribution in [0, 0.1) is 0 Å². The lowest BCUT2D eigenvalue weighted by Crippen LogP contribution is -2.27. The van der Waals surface area contributed by atoms with Crippen LogP contribution < -0.4 is 0 Å². The molecule has 0 saturated carbocycles. The van der Waals surface area contributed by atoms with Crippen LogP contribution in [-0.2, 0) is 11.4 Å². The van der Waals surface area contributed by atoms with Gasteiger partial charge in [0.25, 0.3) is 0 Å². The predicted octanol–water partition coefficient (Wildman–Crippen LogP) is 1.20. The van der Waals surface area contributed by atoms with Crippen molar-refractivity contribution in [1.82, 2.24) is 4.81 Å². The lowest BCUT2D eigenvalue weighted by Gasteiger charge is -2.13. The summed E-state index contributed by atoms with van der Waals surface area (Å²) < 4.78 is 0. The summed E-state index contributed by atoms with van der Waals surface area (Å²) >= 11 is 0. The van der Waals surface area contributed by atoms with Crippen molar-refractivity contribution < 1.29 is 4.84 Å². The first-order valence-corrected chi connectivity index (χ1v) is 5.76. The minimum Gasteiger partial charge on any atom is -0.391 e. The molecule has 0 bridgehead atoms. The normalized spacial score (nSPS) is 21.6. The highest BCUT2D eigenvalue weighted by molar-refractivity contribution is 6.06. The fourth-order valence-electron chi connectivity index (χ4n) is 1.92. The summed E-state index contributed by atoms with van der Waals surface area (Å²) in [6.07, 6.45) is 4.36. The Morgan fingerprint density at radius 2 is 2.25 bits per heavy atom. The first kappa shape index (κ1) is 11.2. The molecule has 84 valence electrons. The summed E-state index contributed by atoms with van der Waals surface area (Å²) in [5.41, 5.74) is 1.15. The van der Waals surface area contributed by atoms with Crippen molar-refractivity contribution in [2.75, 3.05) is 6.54 Å². The summed E-state index contributed by atoms with van der Waals surface area (Å²) in [7, 11) is 2.13. The first-order chi connectivity index (χ1) is 7.86. The third-order valence-corrected chi connectivity index (χ3v) is 2.96. The Morgan fingerprint density at radius 1 is 1.44 bits per heavy atom. The second kappa shape index (κ2) is 5.70. The van der Waals surface area contributed by atoms with Crippen molar-refractivity contribution >= 4 is 14.2 Å². The van der Waals surface area contributed by atoms with Crippen molar-refractivity contribution in [3.63, 3.8) is 0 Å². The van der Waals surface area contributed by atoms with Gasteiger partial charge in [-0.05, 0) is 24.9 Å². The molecule has 1 atom stereocenters. The maximum atomic E-state index is 5.27. The van der Waals surface area contributed by atoms with Gasteiger partial charge in [0.1, 0.15) is 6.61 Å². The van der Waals surface area contributed by atoms with Gasteiger partial charge in [-0.2, -0.15) is 0 Å². The maximum absolute atomic E-state index is 5.27. The van der Waals surface area contributed by atoms with Crippen molar-refractivity contribution in [3.8, 4) is 0 Å². The average Bonchev–Trinajstić information content (AvgIpc) is 2.72. The van der Waals surface area contributed by atoms with Gasteiger partial charge in [0, 0.05) is 6.04 Å². The first-order valence-electron chi connectivity index (χ1n) is 5.76. The molecule has 4 heteroatoms. The van der Waals surface area contributed by atoms with Gasteiger partial charge in [0.2, 0.25) is 0 Å². The van der Waals surface area contributed by atoms with E-state index in [9.17, 15) is 0 Å². The molecule has 0 spiro atoms. The van der Waals surface area contributed by atoms with E-state index in [1.54, 1.807) is 0 Å². The van der Waals surface area contributed by atoms with Crippen LogP contribution in [0.15, 0.2) is 35.5 Å². The largest absolute Gasteiger partial charge is 0.391 e. The van der Waals surface area contributed by atoms with E-state index in [2.05, 4.69) is 17.9 Å². The molecule has 2 rings (SSSR count). The molecule has 1 aromatic carbocycles. The molecule has 0 unspecified atom stereocenters. The Hall–Kier alpha value is -1.29. The molecule has 0 radical (unpaired) electrons. The molecule has 1 saturated heterocycles. The summed E-state index contributed by atoms with van der Waals surface area (Å²) in [5.74, 6) is 0. The lowest BCUT2D eigenvalue weighted by atomic mass is 10.2. The number of hydrogen-bond acceptors (Lipinski definition) is 3. The van der Waals surface area contributed by atoms with E-state index in [0.717, 1.165) is 12.1 Å². The highest BCUT2D eigenvalue weighted by Gasteiger charge is 2.18. The van der Waals surface area contributed by atoms with Gasteiger partial charge in [-0.3, -0.25) is 0 Å². The third-order valence-electron chi connectivity index (χ3n) is 2.96. The monoisotopic (exact) mass is 216 g/mol. The summed E-state index contributed by atoms with van der Waals surface area (Å²) in [4.78, 5) is 7.57. The van der Waals surface area contributed by atoms with Crippen LogP contribution in [0.4, 0.5) is 0 Å². The van der Waals surface area contributed by atoms with E-state index >= 15 is 0 Å². The van der Waals surface area contributed by atoms with E-state index in [4.69, 9.17) is 4.84 Å². The highest BCUT2D eigenvalue weighted by atomic mass is 16.6. The zero-order chi connectivity index (χ0) is 11.2. The van der Waals surface area contributed by atoms with Gasteiger partial charge in [0.15, 0.2) is 7.98 Å². The number of benzene rings is 1. The van der Waals surface area contributed by atoms with Gasteiger partial charge in [0.05, 0.1) is 6.21 Å². The van der Waals surface area contributed by atoms with E-state index in [1.165, 1.54) is 12.8 Å². The minimum absolute atomic E-state index is 0.454. The van der Waals surface area contributed by atoms with Crippen molar-refractivity contribution in [3.05, 3.63) is 35.9 Å². The van der Waals surface area contributed by atoms with Crippen molar-refractivity contribution in [2.45, 2.75) is 25.5 Å². The Labute approximate surface area is 97.5 Å². The van der Waals surface area contributed by atoms with Gasteiger partial charge >= 0.3 is 0 Å². The van der Waals surface area contributed by atoms with Crippen LogP contribution in [0.25, 0.3) is 0 Å². The molecule has 1 fully saturated rings. The van der Waals surface area contributed by atoms with Crippen molar-refractivity contribution in [1.29, 1.82) is 0 Å². The number of rotatable bonds is 4. The molecule has 1 aromatic rings. The SMILES string of the molecule is BN1CCC[C@H]1C=NOCc1ccccc1. The molecule has 0 N–H and O–H groups in total. The zero-order valence-corrected chi connectivity index (χ0v) is 9.67. The molecule has 1 heterocycles. The van der Waals surface area contributed by atoms with Crippen LogP contribution >= 0.6 is 0 Å². The maximum Gasteiger partial charge on any atom is 0.186 e. The molecule has 0 aromatic heterocycles. The van der Waals surface area contributed by atoms with Crippen LogP contribution in [0.1, 0.15) is 18.4 Å². The molecule has 3 nitrogen and oxygen atoms in total. The van der Waals surface area contributed by atoms with Crippen molar-refractivity contribution in [2.24, 2.45) is 5.16 Å². The highest BCUT2D eigenvalue weighted by Crippen LogP contribution is 2.12. The average molecular weight is 216 g/mol.